The molecule has 1 unspecified atom stereocenters. The Bertz CT molecular complexity index is 428. The van der Waals surface area contributed by atoms with Crippen molar-refractivity contribution in [1.82, 2.24) is 0 Å². The summed E-state index contributed by atoms with van der Waals surface area (Å²) in [6, 6.07) is 5.72. The zero-order valence-corrected chi connectivity index (χ0v) is 10.2. The fourth-order valence-corrected chi connectivity index (χ4v) is 1.94. The van der Waals surface area contributed by atoms with Crippen molar-refractivity contribution < 1.29 is 19.4 Å². The van der Waals surface area contributed by atoms with Gasteiger partial charge in [0.25, 0.3) is 0 Å². The Morgan fingerprint density at radius 1 is 1.35 bits per heavy atom. The molecule has 0 amide bonds. The van der Waals surface area contributed by atoms with Gasteiger partial charge < -0.3 is 10.2 Å². The Labute approximate surface area is 99.9 Å². The van der Waals surface area contributed by atoms with E-state index in [0.717, 1.165) is 0 Å². The van der Waals surface area contributed by atoms with Crippen LogP contribution in [-0.4, -0.2) is 16.2 Å². The summed E-state index contributed by atoms with van der Waals surface area (Å²) in [6.07, 6.45) is 0.118. The van der Waals surface area contributed by atoms with E-state index in [9.17, 15) is 19.4 Å². The van der Waals surface area contributed by atoms with E-state index in [4.69, 9.17) is 0 Å². The largest absolute Gasteiger partial charge is 0.481 e. The van der Waals surface area contributed by atoms with E-state index < -0.39 is 22.8 Å². The lowest BCUT2D eigenvalue weighted by Gasteiger charge is -2.39. The molecule has 0 radical (unpaired) electrons. The van der Waals surface area contributed by atoms with Gasteiger partial charge in [0, 0.05) is 5.56 Å². The second-order valence-corrected chi connectivity index (χ2v) is 4.62. The molecule has 2 N–H and O–H groups in total. The van der Waals surface area contributed by atoms with Gasteiger partial charge in [-0.2, -0.15) is 0 Å². The van der Waals surface area contributed by atoms with Crippen LogP contribution in [0.2, 0.25) is 0 Å². The maximum Gasteiger partial charge on any atom is 0.312 e. The highest BCUT2D eigenvalue weighted by Gasteiger charge is 2.50. The van der Waals surface area contributed by atoms with Gasteiger partial charge in [0.2, 0.25) is 0 Å². The molecule has 0 aliphatic carbocycles. The molecular weight excluding hydrogens is 223 g/mol. The average Bonchev–Trinajstić information content (AvgIpc) is 2.28. The summed E-state index contributed by atoms with van der Waals surface area (Å²) >= 11 is 0. The van der Waals surface area contributed by atoms with Crippen molar-refractivity contribution in [3.8, 4) is 0 Å². The number of hydrogen-bond donors (Lipinski definition) is 2. The molecule has 1 atom stereocenters. The summed E-state index contributed by atoms with van der Waals surface area (Å²) < 4.78 is 13.7. The molecule has 0 saturated heterocycles. The third-order valence-electron chi connectivity index (χ3n) is 3.40. The van der Waals surface area contributed by atoms with Crippen molar-refractivity contribution in [3.05, 3.63) is 35.6 Å². The van der Waals surface area contributed by atoms with Crippen LogP contribution in [0.1, 0.15) is 32.8 Å². The molecule has 0 fully saturated rings. The lowest BCUT2D eigenvalue weighted by molar-refractivity contribution is -0.167. The highest BCUT2D eigenvalue weighted by atomic mass is 19.1. The third-order valence-corrected chi connectivity index (χ3v) is 3.40. The minimum Gasteiger partial charge on any atom is -0.481 e. The molecule has 0 aliphatic rings. The molecule has 94 valence electrons. The van der Waals surface area contributed by atoms with Gasteiger partial charge in [0.05, 0.1) is 5.41 Å². The SMILES string of the molecule is CCC(O)(c1ccccc1F)C(C)(C)C(=O)O. The van der Waals surface area contributed by atoms with E-state index in [1.165, 1.54) is 32.0 Å². The summed E-state index contributed by atoms with van der Waals surface area (Å²) in [4.78, 5) is 11.2. The zero-order chi connectivity index (χ0) is 13.3. The summed E-state index contributed by atoms with van der Waals surface area (Å²) in [5, 5.41) is 19.7. The number of halogens is 1. The number of benzene rings is 1. The number of hydrogen-bond acceptors (Lipinski definition) is 2. The van der Waals surface area contributed by atoms with Crippen molar-refractivity contribution in [2.24, 2.45) is 5.41 Å². The van der Waals surface area contributed by atoms with Crippen LogP contribution >= 0.6 is 0 Å². The molecule has 0 aliphatic heterocycles. The molecule has 0 aromatic heterocycles. The second-order valence-electron chi connectivity index (χ2n) is 4.62. The summed E-state index contributed by atoms with van der Waals surface area (Å²) in [5.41, 5.74) is -3.18. The van der Waals surface area contributed by atoms with Crippen LogP contribution in [0.25, 0.3) is 0 Å². The van der Waals surface area contributed by atoms with Gasteiger partial charge in [-0.25, -0.2) is 4.39 Å². The van der Waals surface area contributed by atoms with Gasteiger partial charge in [0.15, 0.2) is 0 Å². The highest BCUT2D eigenvalue weighted by molar-refractivity contribution is 5.75. The number of aliphatic hydroxyl groups is 1. The molecule has 0 saturated carbocycles. The number of carboxylic acid groups (broad SMARTS) is 1. The molecule has 0 heterocycles. The van der Waals surface area contributed by atoms with Gasteiger partial charge in [-0.1, -0.05) is 25.1 Å². The number of rotatable bonds is 4. The monoisotopic (exact) mass is 240 g/mol. The Morgan fingerprint density at radius 3 is 2.29 bits per heavy atom. The minimum atomic E-state index is -1.73. The quantitative estimate of drug-likeness (QED) is 0.850. The first-order valence-electron chi connectivity index (χ1n) is 5.48. The van der Waals surface area contributed by atoms with Gasteiger partial charge in [-0.15, -0.1) is 0 Å². The van der Waals surface area contributed by atoms with Gasteiger partial charge in [-0.05, 0) is 26.3 Å². The van der Waals surface area contributed by atoms with E-state index in [1.807, 2.05) is 0 Å². The second kappa shape index (κ2) is 4.45. The first-order valence-corrected chi connectivity index (χ1v) is 5.48. The minimum absolute atomic E-state index is 0.0231. The van der Waals surface area contributed by atoms with Crippen molar-refractivity contribution >= 4 is 5.97 Å². The standard InChI is InChI=1S/C13H17FO3/c1-4-13(17,12(2,3)11(15)16)9-7-5-6-8-10(9)14/h5-8,17H,4H2,1-3H3,(H,15,16). The zero-order valence-electron chi connectivity index (χ0n) is 10.2. The van der Waals surface area contributed by atoms with Crippen molar-refractivity contribution in [3.63, 3.8) is 0 Å². The van der Waals surface area contributed by atoms with Crippen molar-refractivity contribution in [2.45, 2.75) is 32.8 Å². The molecule has 1 aromatic carbocycles. The highest BCUT2D eigenvalue weighted by Crippen LogP contribution is 2.43. The predicted molar refractivity (Wildman–Crippen MR) is 62.0 cm³/mol. The molecular formula is C13H17FO3. The van der Waals surface area contributed by atoms with Gasteiger partial charge >= 0.3 is 5.97 Å². The first kappa shape index (κ1) is 13.6. The third kappa shape index (κ3) is 2.05. The first-order chi connectivity index (χ1) is 7.77. The molecule has 1 rings (SSSR count). The normalized spacial score (nSPS) is 15.4. The molecule has 1 aromatic rings. The van der Waals surface area contributed by atoms with Crippen LogP contribution < -0.4 is 0 Å². The Morgan fingerprint density at radius 2 is 1.88 bits per heavy atom. The number of carbonyl (C=O) groups is 1. The smallest absolute Gasteiger partial charge is 0.312 e. The summed E-state index contributed by atoms with van der Waals surface area (Å²) in [7, 11) is 0. The fraction of sp³-hybridized carbons (Fsp3) is 0.462. The van der Waals surface area contributed by atoms with Crippen molar-refractivity contribution in [2.75, 3.05) is 0 Å². The van der Waals surface area contributed by atoms with Crippen LogP contribution in [0, 0.1) is 11.2 Å². The molecule has 17 heavy (non-hydrogen) atoms. The summed E-state index contributed by atoms with van der Waals surface area (Å²) in [6.45, 7) is 4.42. The van der Waals surface area contributed by atoms with E-state index in [-0.39, 0.29) is 12.0 Å². The van der Waals surface area contributed by atoms with Crippen LogP contribution in [0.4, 0.5) is 4.39 Å². The van der Waals surface area contributed by atoms with Crippen LogP contribution in [0.3, 0.4) is 0 Å². The van der Waals surface area contributed by atoms with E-state index in [1.54, 1.807) is 13.0 Å². The number of aliphatic carboxylic acids is 1. The van der Waals surface area contributed by atoms with Gasteiger partial charge in [-0.3, -0.25) is 4.79 Å². The van der Waals surface area contributed by atoms with Crippen molar-refractivity contribution in [1.29, 1.82) is 0 Å². The Kier molecular flexibility index (Phi) is 3.57. The van der Waals surface area contributed by atoms with Crippen LogP contribution in [-0.2, 0) is 10.4 Å². The lowest BCUT2D eigenvalue weighted by Crippen LogP contribution is -2.47. The van der Waals surface area contributed by atoms with E-state index in [0.29, 0.717) is 0 Å². The Hall–Kier alpha value is -1.42. The van der Waals surface area contributed by atoms with E-state index >= 15 is 0 Å². The Balaban J connectivity index is 3.41. The lowest BCUT2D eigenvalue weighted by atomic mass is 9.69. The van der Waals surface area contributed by atoms with Crippen LogP contribution in [0.15, 0.2) is 24.3 Å². The van der Waals surface area contributed by atoms with Crippen LogP contribution in [0.5, 0.6) is 0 Å². The number of carboxylic acids is 1. The maximum atomic E-state index is 13.7. The van der Waals surface area contributed by atoms with Gasteiger partial charge in [0.1, 0.15) is 11.4 Å². The molecule has 3 nitrogen and oxygen atoms in total. The fourth-order valence-electron chi connectivity index (χ4n) is 1.94. The summed E-state index contributed by atoms with van der Waals surface area (Å²) in [5.74, 6) is -1.75. The molecule has 0 bridgehead atoms. The maximum absolute atomic E-state index is 13.7. The molecule has 4 heteroatoms. The average molecular weight is 240 g/mol. The van der Waals surface area contributed by atoms with E-state index in [2.05, 4.69) is 0 Å². The topological polar surface area (TPSA) is 57.5 Å². The molecule has 0 spiro atoms. The predicted octanol–water partition coefficient (Wildman–Crippen LogP) is 2.53.